The summed E-state index contributed by atoms with van der Waals surface area (Å²) in [7, 11) is 0. The van der Waals surface area contributed by atoms with Gasteiger partial charge in [-0.2, -0.15) is 0 Å². The van der Waals surface area contributed by atoms with Gasteiger partial charge in [0.05, 0.1) is 5.25 Å². The Morgan fingerprint density at radius 3 is 2.60 bits per heavy atom. The van der Waals surface area contributed by atoms with Crippen molar-refractivity contribution in [3.63, 3.8) is 0 Å². The predicted molar refractivity (Wildman–Crippen MR) is 84.4 cm³/mol. The van der Waals surface area contributed by atoms with Gasteiger partial charge in [-0.05, 0) is 50.2 Å². The molecule has 0 fully saturated rings. The van der Waals surface area contributed by atoms with Crippen molar-refractivity contribution in [2.45, 2.75) is 24.0 Å². The minimum atomic E-state index is -0.210. The number of pyridine rings is 1. The molecule has 2 rings (SSSR count). The molecule has 1 N–H and O–H groups in total. The van der Waals surface area contributed by atoms with Crippen LogP contribution in [0.4, 0.5) is 5.82 Å². The number of hydrogen-bond donors (Lipinski definition) is 1. The zero-order chi connectivity index (χ0) is 14.5. The summed E-state index contributed by atoms with van der Waals surface area (Å²) in [6, 6.07) is 13.0. The molecular formula is C15H15ClN2OS. The fraction of sp³-hybridized carbons (Fsp3) is 0.200. The Kier molecular flexibility index (Phi) is 5.04. The Hall–Kier alpha value is -1.52. The quantitative estimate of drug-likeness (QED) is 0.862. The van der Waals surface area contributed by atoms with Gasteiger partial charge in [0.1, 0.15) is 5.82 Å². The molecule has 3 nitrogen and oxygen atoms in total. The third-order valence-electron chi connectivity index (χ3n) is 2.64. The highest BCUT2D eigenvalue weighted by Gasteiger charge is 2.15. The molecule has 5 heteroatoms. The smallest absolute Gasteiger partial charge is 0.238 e. The first-order valence-electron chi connectivity index (χ1n) is 6.21. The molecule has 1 amide bonds. The SMILES string of the molecule is Cc1cccc(NC(=O)C(C)Sc2ccc(Cl)cc2)n1. The molecule has 2 aromatic rings. The van der Waals surface area contributed by atoms with E-state index in [2.05, 4.69) is 10.3 Å². The molecule has 0 bridgehead atoms. The molecule has 1 heterocycles. The maximum atomic E-state index is 12.1. The molecule has 0 saturated carbocycles. The lowest BCUT2D eigenvalue weighted by atomic mass is 10.3. The number of rotatable bonds is 4. The van der Waals surface area contributed by atoms with E-state index >= 15 is 0 Å². The number of carbonyl (C=O) groups is 1. The third kappa shape index (κ3) is 4.25. The highest BCUT2D eigenvalue weighted by molar-refractivity contribution is 8.00. The second-order valence-electron chi connectivity index (χ2n) is 4.37. The minimum Gasteiger partial charge on any atom is -0.310 e. The molecule has 0 spiro atoms. The number of nitrogens with zero attached hydrogens (tertiary/aromatic N) is 1. The third-order valence-corrected chi connectivity index (χ3v) is 4.00. The van der Waals surface area contributed by atoms with Crippen molar-refractivity contribution < 1.29 is 4.79 Å². The van der Waals surface area contributed by atoms with E-state index in [4.69, 9.17) is 11.6 Å². The van der Waals surface area contributed by atoms with Gasteiger partial charge in [-0.25, -0.2) is 4.98 Å². The molecule has 0 aliphatic carbocycles. The van der Waals surface area contributed by atoms with Crippen LogP contribution < -0.4 is 5.32 Å². The Morgan fingerprint density at radius 1 is 1.25 bits per heavy atom. The average molecular weight is 307 g/mol. The van der Waals surface area contributed by atoms with Crippen molar-refractivity contribution in [3.8, 4) is 0 Å². The van der Waals surface area contributed by atoms with Gasteiger partial charge in [-0.1, -0.05) is 17.7 Å². The largest absolute Gasteiger partial charge is 0.310 e. The summed E-state index contributed by atoms with van der Waals surface area (Å²) >= 11 is 7.32. The Bertz CT molecular complexity index is 601. The van der Waals surface area contributed by atoms with E-state index in [0.29, 0.717) is 10.8 Å². The van der Waals surface area contributed by atoms with Crippen LogP contribution in [0.15, 0.2) is 47.4 Å². The van der Waals surface area contributed by atoms with Gasteiger partial charge in [0, 0.05) is 15.6 Å². The number of amides is 1. The number of halogens is 1. The maximum Gasteiger partial charge on any atom is 0.238 e. The topological polar surface area (TPSA) is 42.0 Å². The van der Waals surface area contributed by atoms with Crippen molar-refractivity contribution in [1.82, 2.24) is 4.98 Å². The normalized spacial score (nSPS) is 11.9. The van der Waals surface area contributed by atoms with Crippen molar-refractivity contribution in [2.24, 2.45) is 0 Å². The van der Waals surface area contributed by atoms with E-state index in [1.165, 1.54) is 11.8 Å². The van der Waals surface area contributed by atoms with E-state index in [0.717, 1.165) is 10.6 Å². The van der Waals surface area contributed by atoms with Gasteiger partial charge in [-0.3, -0.25) is 4.79 Å². The highest BCUT2D eigenvalue weighted by Crippen LogP contribution is 2.25. The summed E-state index contributed by atoms with van der Waals surface area (Å²) in [6.07, 6.45) is 0. The number of thioether (sulfide) groups is 1. The van der Waals surface area contributed by atoms with Crippen molar-refractivity contribution in [2.75, 3.05) is 5.32 Å². The van der Waals surface area contributed by atoms with E-state index in [1.807, 2.05) is 50.2 Å². The van der Waals surface area contributed by atoms with Crippen molar-refractivity contribution in [1.29, 1.82) is 0 Å². The second-order valence-corrected chi connectivity index (χ2v) is 6.22. The summed E-state index contributed by atoms with van der Waals surface area (Å²) in [5, 5.41) is 3.30. The van der Waals surface area contributed by atoms with Gasteiger partial charge >= 0.3 is 0 Å². The number of benzene rings is 1. The van der Waals surface area contributed by atoms with Crippen molar-refractivity contribution >= 4 is 35.1 Å². The van der Waals surface area contributed by atoms with Gasteiger partial charge in [0.2, 0.25) is 5.91 Å². The van der Waals surface area contributed by atoms with Crippen LogP contribution in [0.1, 0.15) is 12.6 Å². The minimum absolute atomic E-state index is 0.0666. The molecule has 0 aliphatic rings. The van der Waals surface area contributed by atoms with Gasteiger partial charge in [-0.15, -0.1) is 11.8 Å². The molecule has 1 unspecified atom stereocenters. The first-order valence-corrected chi connectivity index (χ1v) is 7.47. The number of carbonyl (C=O) groups excluding carboxylic acids is 1. The standard InChI is InChI=1S/C15H15ClN2OS/c1-10-4-3-5-14(17-10)18-15(19)11(2)20-13-8-6-12(16)7-9-13/h3-9,11H,1-2H3,(H,17,18,19). The summed E-state index contributed by atoms with van der Waals surface area (Å²) in [6.45, 7) is 3.76. The Morgan fingerprint density at radius 2 is 1.95 bits per heavy atom. The first kappa shape index (κ1) is 14.9. The van der Waals surface area contributed by atoms with Crippen LogP contribution in [0.2, 0.25) is 5.02 Å². The Labute approximate surface area is 127 Å². The van der Waals surface area contributed by atoms with Crippen molar-refractivity contribution in [3.05, 3.63) is 53.2 Å². The molecule has 0 radical (unpaired) electrons. The van der Waals surface area contributed by atoms with Crippen LogP contribution in [0.5, 0.6) is 0 Å². The maximum absolute atomic E-state index is 12.1. The van der Waals surface area contributed by atoms with Gasteiger partial charge in [0.15, 0.2) is 0 Å². The van der Waals surface area contributed by atoms with Gasteiger partial charge < -0.3 is 5.32 Å². The molecule has 1 aromatic heterocycles. The average Bonchev–Trinajstić information content (AvgIpc) is 2.41. The predicted octanol–water partition coefficient (Wildman–Crippen LogP) is 4.16. The van der Waals surface area contributed by atoms with Crippen LogP contribution in [-0.2, 0) is 4.79 Å². The van der Waals surface area contributed by atoms with E-state index in [-0.39, 0.29) is 11.2 Å². The monoisotopic (exact) mass is 306 g/mol. The highest BCUT2D eigenvalue weighted by atomic mass is 35.5. The molecular weight excluding hydrogens is 292 g/mol. The molecule has 1 aromatic carbocycles. The van der Waals surface area contributed by atoms with E-state index in [1.54, 1.807) is 6.07 Å². The second kappa shape index (κ2) is 6.77. The first-order chi connectivity index (χ1) is 9.54. The summed E-state index contributed by atoms with van der Waals surface area (Å²) in [4.78, 5) is 17.4. The molecule has 20 heavy (non-hydrogen) atoms. The summed E-state index contributed by atoms with van der Waals surface area (Å²) < 4.78 is 0. The fourth-order valence-corrected chi connectivity index (χ4v) is 2.60. The summed E-state index contributed by atoms with van der Waals surface area (Å²) in [5.74, 6) is 0.515. The van der Waals surface area contributed by atoms with Crippen LogP contribution in [0.25, 0.3) is 0 Å². The van der Waals surface area contributed by atoms with Crippen LogP contribution in [0.3, 0.4) is 0 Å². The zero-order valence-electron chi connectivity index (χ0n) is 11.3. The van der Waals surface area contributed by atoms with Crippen LogP contribution in [-0.4, -0.2) is 16.1 Å². The number of hydrogen-bond acceptors (Lipinski definition) is 3. The Balaban J connectivity index is 1.96. The fourth-order valence-electron chi connectivity index (χ4n) is 1.61. The lowest BCUT2D eigenvalue weighted by molar-refractivity contribution is -0.115. The van der Waals surface area contributed by atoms with Crippen LogP contribution >= 0.6 is 23.4 Å². The number of nitrogens with one attached hydrogen (secondary N) is 1. The molecule has 0 saturated heterocycles. The number of aromatic nitrogens is 1. The molecule has 1 atom stereocenters. The zero-order valence-corrected chi connectivity index (χ0v) is 12.8. The lowest BCUT2D eigenvalue weighted by Crippen LogP contribution is -2.22. The molecule has 104 valence electrons. The number of aryl methyl sites for hydroxylation is 1. The van der Waals surface area contributed by atoms with E-state index in [9.17, 15) is 4.79 Å². The van der Waals surface area contributed by atoms with E-state index < -0.39 is 0 Å². The lowest BCUT2D eigenvalue weighted by Gasteiger charge is -2.11. The summed E-state index contributed by atoms with van der Waals surface area (Å²) in [5.41, 5.74) is 0.876. The number of anilines is 1. The van der Waals surface area contributed by atoms with Crippen LogP contribution in [0, 0.1) is 6.92 Å². The molecule has 0 aliphatic heterocycles. The van der Waals surface area contributed by atoms with Gasteiger partial charge in [0.25, 0.3) is 0 Å².